The van der Waals surface area contributed by atoms with Crippen LogP contribution in [0.2, 0.25) is 5.02 Å². The van der Waals surface area contributed by atoms with Gasteiger partial charge < -0.3 is 14.2 Å². The molecule has 0 N–H and O–H groups in total. The molecule has 6 heteroatoms. The molecule has 0 aromatic heterocycles. The maximum atomic E-state index is 11.9. The molecule has 5 nitrogen and oxygen atoms in total. The normalized spacial score (nSPS) is 10.5. The molecule has 0 saturated carbocycles. The Hall–Kier alpha value is -2.79. The van der Waals surface area contributed by atoms with Gasteiger partial charge in [0.2, 0.25) is 0 Å². The zero-order chi connectivity index (χ0) is 18.2. The number of ketones is 1. The molecule has 0 spiro atoms. The highest BCUT2D eigenvalue weighted by Gasteiger charge is 2.09. The maximum absolute atomic E-state index is 11.9. The second-order valence-electron chi connectivity index (χ2n) is 4.98. The van der Waals surface area contributed by atoms with Crippen molar-refractivity contribution in [3.8, 4) is 11.5 Å². The second kappa shape index (κ2) is 8.89. The summed E-state index contributed by atoms with van der Waals surface area (Å²) < 4.78 is 15.3. The van der Waals surface area contributed by atoms with E-state index < -0.39 is 5.97 Å². The third-order valence-corrected chi connectivity index (χ3v) is 3.60. The van der Waals surface area contributed by atoms with Crippen LogP contribution >= 0.6 is 11.6 Å². The first-order valence-corrected chi connectivity index (χ1v) is 7.77. The summed E-state index contributed by atoms with van der Waals surface area (Å²) in [5, 5.41) is 0.532. The Kier molecular flexibility index (Phi) is 6.60. The van der Waals surface area contributed by atoms with Gasteiger partial charge in [0, 0.05) is 28.3 Å². The molecule has 0 radical (unpaired) electrons. The summed E-state index contributed by atoms with van der Waals surface area (Å²) in [6.07, 6.45) is 2.78. The maximum Gasteiger partial charge on any atom is 0.331 e. The van der Waals surface area contributed by atoms with E-state index in [1.165, 1.54) is 13.2 Å². The van der Waals surface area contributed by atoms with Crippen LogP contribution in [0.1, 0.15) is 15.9 Å². The SMILES string of the molecule is COc1ccc(/C=C/C(=O)OCC(=O)c2ccc(Cl)cc2)c(OC)c1. The fraction of sp³-hybridized carbons (Fsp3) is 0.158. The van der Waals surface area contributed by atoms with Crippen LogP contribution in [0.3, 0.4) is 0 Å². The molecule has 0 bridgehead atoms. The summed E-state index contributed by atoms with van der Waals surface area (Å²) in [6.45, 7) is -0.343. The van der Waals surface area contributed by atoms with Crippen molar-refractivity contribution in [3.63, 3.8) is 0 Å². The number of hydrogen-bond donors (Lipinski definition) is 0. The smallest absolute Gasteiger partial charge is 0.331 e. The summed E-state index contributed by atoms with van der Waals surface area (Å²) in [5.41, 5.74) is 1.11. The zero-order valence-corrected chi connectivity index (χ0v) is 14.6. The fourth-order valence-electron chi connectivity index (χ4n) is 2.02. The van der Waals surface area contributed by atoms with Crippen LogP contribution in [0.25, 0.3) is 6.08 Å². The molecular weight excluding hydrogens is 344 g/mol. The van der Waals surface area contributed by atoms with Gasteiger partial charge in [0.1, 0.15) is 11.5 Å². The van der Waals surface area contributed by atoms with Crippen LogP contribution in [0.5, 0.6) is 11.5 Å². The van der Waals surface area contributed by atoms with Crippen LogP contribution in [0.15, 0.2) is 48.5 Å². The minimum atomic E-state index is -0.625. The van der Waals surface area contributed by atoms with Crippen molar-refractivity contribution < 1.29 is 23.8 Å². The Labute approximate surface area is 150 Å². The lowest BCUT2D eigenvalue weighted by atomic mass is 10.1. The lowest BCUT2D eigenvalue weighted by molar-refractivity contribution is -0.136. The Bertz CT molecular complexity index is 781. The van der Waals surface area contributed by atoms with Crippen LogP contribution in [0, 0.1) is 0 Å². The Morgan fingerprint density at radius 3 is 2.40 bits per heavy atom. The highest BCUT2D eigenvalue weighted by molar-refractivity contribution is 6.30. The number of methoxy groups -OCH3 is 2. The average molecular weight is 361 g/mol. The number of ether oxygens (including phenoxy) is 3. The molecule has 0 fully saturated rings. The van der Waals surface area contributed by atoms with E-state index in [0.29, 0.717) is 27.6 Å². The molecule has 0 atom stereocenters. The van der Waals surface area contributed by atoms with Gasteiger partial charge in [0.05, 0.1) is 14.2 Å². The largest absolute Gasteiger partial charge is 0.497 e. The standard InChI is InChI=1S/C19H17ClO5/c1-23-16-9-5-14(18(11-16)24-2)6-10-19(22)25-12-17(21)13-3-7-15(20)8-4-13/h3-11H,12H2,1-2H3/b10-6+. The molecule has 2 aromatic rings. The molecule has 0 aliphatic heterocycles. The molecular formula is C19H17ClO5. The molecule has 0 unspecified atom stereocenters. The van der Waals surface area contributed by atoms with E-state index in [9.17, 15) is 9.59 Å². The van der Waals surface area contributed by atoms with Crippen molar-refractivity contribution in [2.45, 2.75) is 0 Å². The van der Waals surface area contributed by atoms with Crippen molar-refractivity contribution in [1.29, 1.82) is 0 Å². The summed E-state index contributed by atoms with van der Waals surface area (Å²) >= 11 is 5.76. The fourth-order valence-corrected chi connectivity index (χ4v) is 2.14. The minimum Gasteiger partial charge on any atom is -0.497 e. The van der Waals surface area contributed by atoms with Gasteiger partial charge in [-0.1, -0.05) is 11.6 Å². The lowest BCUT2D eigenvalue weighted by Gasteiger charge is -2.07. The molecule has 0 saturated heterocycles. The van der Waals surface area contributed by atoms with Crippen molar-refractivity contribution in [2.75, 3.05) is 20.8 Å². The van der Waals surface area contributed by atoms with Crippen LogP contribution in [0.4, 0.5) is 0 Å². The van der Waals surface area contributed by atoms with E-state index in [0.717, 1.165) is 0 Å². The van der Waals surface area contributed by atoms with E-state index in [4.69, 9.17) is 25.8 Å². The van der Waals surface area contributed by atoms with E-state index in [1.54, 1.807) is 55.7 Å². The predicted molar refractivity (Wildman–Crippen MR) is 95.3 cm³/mol. The number of hydrogen-bond acceptors (Lipinski definition) is 5. The second-order valence-corrected chi connectivity index (χ2v) is 5.42. The van der Waals surface area contributed by atoms with E-state index >= 15 is 0 Å². The average Bonchev–Trinajstić information content (AvgIpc) is 2.64. The number of esters is 1. The highest BCUT2D eigenvalue weighted by Crippen LogP contribution is 2.25. The van der Waals surface area contributed by atoms with E-state index in [2.05, 4.69) is 0 Å². The number of rotatable bonds is 7. The molecule has 130 valence electrons. The lowest BCUT2D eigenvalue weighted by Crippen LogP contribution is -2.12. The van der Waals surface area contributed by atoms with Crippen molar-refractivity contribution >= 4 is 29.4 Å². The van der Waals surface area contributed by atoms with Gasteiger partial charge in [-0.2, -0.15) is 0 Å². The summed E-state index contributed by atoms with van der Waals surface area (Å²) in [5.74, 6) is 0.270. The number of carbonyl (C=O) groups excluding carboxylic acids is 2. The van der Waals surface area contributed by atoms with Crippen molar-refractivity contribution in [1.82, 2.24) is 0 Å². The predicted octanol–water partition coefficient (Wildman–Crippen LogP) is 3.80. The Morgan fingerprint density at radius 1 is 1.04 bits per heavy atom. The molecule has 0 aliphatic rings. The quantitative estimate of drug-likeness (QED) is 0.427. The molecule has 0 amide bonds. The molecule has 2 aromatic carbocycles. The van der Waals surface area contributed by atoms with Gasteiger partial charge in [-0.05, 0) is 42.5 Å². The number of benzene rings is 2. The zero-order valence-electron chi connectivity index (χ0n) is 13.8. The van der Waals surface area contributed by atoms with Gasteiger partial charge >= 0.3 is 5.97 Å². The van der Waals surface area contributed by atoms with E-state index in [1.807, 2.05) is 0 Å². The topological polar surface area (TPSA) is 61.8 Å². The van der Waals surface area contributed by atoms with Crippen molar-refractivity contribution in [3.05, 3.63) is 64.7 Å². The third-order valence-electron chi connectivity index (χ3n) is 3.35. The van der Waals surface area contributed by atoms with Gasteiger partial charge in [-0.3, -0.25) is 4.79 Å². The molecule has 0 heterocycles. The molecule has 25 heavy (non-hydrogen) atoms. The summed E-state index contributed by atoms with van der Waals surface area (Å²) in [4.78, 5) is 23.7. The Balaban J connectivity index is 1.94. The number of carbonyl (C=O) groups is 2. The first kappa shape index (κ1) is 18.5. The Morgan fingerprint density at radius 2 is 1.76 bits per heavy atom. The van der Waals surface area contributed by atoms with Crippen LogP contribution in [-0.4, -0.2) is 32.6 Å². The molecule has 2 rings (SSSR count). The van der Waals surface area contributed by atoms with Crippen LogP contribution < -0.4 is 9.47 Å². The first-order chi connectivity index (χ1) is 12.0. The molecule has 0 aliphatic carbocycles. The number of halogens is 1. The third kappa shape index (κ3) is 5.36. The summed E-state index contributed by atoms with van der Waals surface area (Å²) in [6, 6.07) is 11.6. The van der Waals surface area contributed by atoms with Gasteiger partial charge in [0.15, 0.2) is 12.4 Å². The number of Topliss-reactive ketones (excluding diaryl/α,β-unsaturated/α-hetero) is 1. The van der Waals surface area contributed by atoms with Crippen LogP contribution in [-0.2, 0) is 9.53 Å². The van der Waals surface area contributed by atoms with Gasteiger partial charge in [0.25, 0.3) is 0 Å². The van der Waals surface area contributed by atoms with Gasteiger partial charge in [-0.15, -0.1) is 0 Å². The minimum absolute atomic E-state index is 0.305. The van der Waals surface area contributed by atoms with Crippen molar-refractivity contribution in [2.24, 2.45) is 0 Å². The van der Waals surface area contributed by atoms with Gasteiger partial charge in [-0.25, -0.2) is 4.79 Å². The summed E-state index contributed by atoms with van der Waals surface area (Å²) in [7, 11) is 3.08. The van der Waals surface area contributed by atoms with E-state index in [-0.39, 0.29) is 12.4 Å². The highest BCUT2D eigenvalue weighted by atomic mass is 35.5. The first-order valence-electron chi connectivity index (χ1n) is 7.39. The monoisotopic (exact) mass is 360 g/mol.